The molecule has 21 heavy (non-hydrogen) atoms. The molecule has 0 aromatic heterocycles. The first-order valence-electron chi connectivity index (χ1n) is 7.48. The lowest BCUT2D eigenvalue weighted by atomic mass is 10.2. The highest BCUT2D eigenvalue weighted by atomic mass is 19.1. The molecule has 0 spiro atoms. The van der Waals surface area contributed by atoms with Crippen LogP contribution < -0.4 is 15.5 Å². The van der Waals surface area contributed by atoms with Crippen molar-refractivity contribution in [3.05, 3.63) is 29.6 Å². The lowest BCUT2D eigenvalue weighted by molar-refractivity contribution is -0.120. The molecule has 0 bridgehead atoms. The number of rotatable bonds is 7. The van der Waals surface area contributed by atoms with E-state index in [1.807, 2.05) is 19.9 Å². The lowest BCUT2D eigenvalue weighted by Gasteiger charge is -2.20. The van der Waals surface area contributed by atoms with Crippen molar-refractivity contribution in [3.63, 3.8) is 0 Å². The summed E-state index contributed by atoms with van der Waals surface area (Å²) < 4.78 is 14.2. The summed E-state index contributed by atoms with van der Waals surface area (Å²) >= 11 is 0. The van der Waals surface area contributed by atoms with E-state index in [1.54, 1.807) is 24.1 Å². The zero-order valence-electron chi connectivity index (χ0n) is 12.9. The molecule has 4 nitrogen and oxygen atoms in total. The molecule has 1 aliphatic rings. The summed E-state index contributed by atoms with van der Waals surface area (Å²) in [5.41, 5.74) is 1.38. The largest absolute Gasteiger partial charge is 0.363 e. The Morgan fingerprint density at radius 3 is 2.71 bits per heavy atom. The average Bonchev–Trinajstić information content (AvgIpc) is 3.19. The van der Waals surface area contributed by atoms with Gasteiger partial charge >= 0.3 is 0 Å². The minimum atomic E-state index is -0.287. The third kappa shape index (κ3) is 5.01. The van der Waals surface area contributed by atoms with Gasteiger partial charge < -0.3 is 15.5 Å². The maximum absolute atomic E-state index is 14.2. The zero-order valence-corrected chi connectivity index (χ0v) is 12.9. The summed E-state index contributed by atoms with van der Waals surface area (Å²) in [6, 6.07) is 5.88. The Balaban J connectivity index is 1.93. The van der Waals surface area contributed by atoms with Crippen molar-refractivity contribution in [2.45, 2.75) is 45.3 Å². The number of nitrogens with zero attached hydrogens (tertiary/aromatic N) is 1. The van der Waals surface area contributed by atoms with E-state index >= 15 is 0 Å². The van der Waals surface area contributed by atoms with Crippen LogP contribution in [0.2, 0.25) is 0 Å². The molecule has 2 N–H and O–H groups in total. The van der Waals surface area contributed by atoms with Gasteiger partial charge in [-0.1, -0.05) is 6.07 Å². The van der Waals surface area contributed by atoms with Crippen molar-refractivity contribution >= 4 is 11.6 Å². The second-order valence-electron chi connectivity index (χ2n) is 6.02. The monoisotopic (exact) mass is 293 g/mol. The number of likely N-dealkylation sites (N-methyl/N-ethyl adjacent to an activating group) is 1. The van der Waals surface area contributed by atoms with E-state index in [-0.39, 0.29) is 24.3 Å². The van der Waals surface area contributed by atoms with Crippen LogP contribution in [0.1, 0.15) is 32.3 Å². The number of hydrogen-bond acceptors (Lipinski definition) is 3. The van der Waals surface area contributed by atoms with Gasteiger partial charge in [-0.15, -0.1) is 0 Å². The quantitative estimate of drug-likeness (QED) is 0.808. The Hall–Kier alpha value is -1.62. The fraction of sp³-hybridized carbons (Fsp3) is 0.562. The van der Waals surface area contributed by atoms with Gasteiger partial charge in [0.2, 0.25) is 5.91 Å². The molecule has 1 amide bonds. The van der Waals surface area contributed by atoms with Crippen LogP contribution in [-0.2, 0) is 11.3 Å². The molecule has 1 aromatic rings. The Morgan fingerprint density at radius 1 is 1.43 bits per heavy atom. The maximum Gasteiger partial charge on any atom is 0.239 e. The topological polar surface area (TPSA) is 44.4 Å². The number of amides is 1. The molecule has 2 rings (SSSR count). The molecule has 0 aliphatic heterocycles. The van der Waals surface area contributed by atoms with Gasteiger partial charge in [-0.3, -0.25) is 4.79 Å². The van der Waals surface area contributed by atoms with Crippen LogP contribution in [0.4, 0.5) is 10.1 Å². The van der Waals surface area contributed by atoms with E-state index < -0.39 is 0 Å². The fourth-order valence-corrected chi connectivity index (χ4v) is 2.19. The Kier molecular flexibility index (Phi) is 5.17. The predicted octanol–water partition coefficient (Wildman–Crippen LogP) is 2.04. The van der Waals surface area contributed by atoms with Crippen LogP contribution in [-0.4, -0.2) is 31.6 Å². The van der Waals surface area contributed by atoms with Gasteiger partial charge in [-0.2, -0.15) is 0 Å². The summed E-state index contributed by atoms with van der Waals surface area (Å²) in [4.78, 5) is 13.3. The number of carbonyl (C=O) groups excluding carboxylic acids is 1. The van der Waals surface area contributed by atoms with Gasteiger partial charge in [-0.05, 0) is 44.4 Å². The molecule has 0 atom stereocenters. The van der Waals surface area contributed by atoms with E-state index in [9.17, 15) is 9.18 Å². The zero-order chi connectivity index (χ0) is 15.4. The van der Waals surface area contributed by atoms with Gasteiger partial charge in [0.25, 0.3) is 0 Å². The number of carbonyl (C=O) groups is 1. The number of benzene rings is 1. The smallest absolute Gasteiger partial charge is 0.239 e. The summed E-state index contributed by atoms with van der Waals surface area (Å²) in [6.07, 6.45) is 2.43. The van der Waals surface area contributed by atoms with Crippen molar-refractivity contribution in [2.75, 3.05) is 18.5 Å². The fourth-order valence-electron chi connectivity index (χ4n) is 2.19. The van der Waals surface area contributed by atoms with Gasteiger partial charge in [0, 0.05) is 25.7 Å². The molecule has 1 aliphatic carbocycles. The second kappa shape index (κ2) is 6.89. The summed E-state index contributed by atoms with van der Waals surface area (Å²) in [7, 11) is 1.72. The number of halogens is 1. The van der Waals surface area contributed by atoms with Crippen LogP contribution in [0.5, 0.6) is 0 Å². The molecule has 1 fully saturated rings. The van der Waals surface area contributed by atoms with Gasteiger partial charge in [0.05, 0.1) is 12.2 Å². The SMILES string of the molecule is CC(C)NC(=O)CN(C)c1ccc(CNC2CC2)cc1F. The first-order valence-corrected chi connectivity index (χ1v) is 7.48. The van der Waals surface area contributed by atoms with E-state index in [0.717, 1.165) is 5.56 Å². The van der Waals surface area contributed by atoms with Gasteiger partial charge in [0.1, 0.15) is 5.82 Å². The van der Waals surface area contributed by atoms with Crippen LogP contribution in [0, 0.1) is 5.82 Å². The molecule has 0 heterocycles. The minimum Gasteiger partial charge on any atom is -0.363 e. The van der Waals surface area contributed by atoms with Crippen LogP contribution in [0.25, 0.3) is 0 Å². The molecular weight excluding hydrogens is 269 g/mol. The average molecular weight is 293 g/mol. The Labute approximate surface area is 125 Å². The van der Waals surface area contributed by atoms with Crippen LogP contribution in [0.15, 0.2) is 18.2 Å². The molecular formula is C16H24FN3O. The lowest BCUT2D eigenvalue weighted by Crippen LogP contribution is -2.38. The van der Waals surface area contributed by atoms with Gasteiger partial charge in [-0.25, -0.2) is 4.39 Å². The number of nitrogens with one attached hydrogen (secondary N) is 2. The highest BCUT2D eigenvalue weighted by Gasteiger charge is 2.20. The van der Waals surface area contributed by atoms with Crippen molar-refractivity contribution in [1.82, 2.24) is 10.6 Å². The van der Waals surface area contributed by atoms with E-state index in [1.165, 1.54) is 12.8 Å². The van der Waals surface area contributed by atoms with E-state index in [2.05, 4.69) is 10.6 Å². The molecule has 1 saturated carbocycles. The third-order valence-electron chi connectivity index (χ3n) is 3.43. The maximum atomic E-state index is 14.2. The third-order valence-corrected chi connectivity index (χ3v) is 3.43. The van der Waals surface area contributed by atoms with Crippen molar-refractivity contribution in [3.8, 4) is 0 Å². The summed E-state index contributed by atoms with van der Waals surface area (Å²) in [5, 5.41) is 6.16. The molecule has 0 saturated heterocycles. The highest BCUT2D eigenvalue weighted by molar-refractivity contribution is 5.81. The van der Waals surface area contributed by atoms with Crippen LogP contribution >= 0.6 is 0 Å². The molecule has 116 valence electrons. The standard InChI is InChI=1S/C16H24FN3O/c1-11(2)19-16(21)10-20(3)15-7-4-12(8-14(15)17)9-18-13-5-6-13/h4,7-8,11,13,18H,5-6,9-10H2,1-3H3,(H,19,21). The van der Waals surface area contributed by atoms with E-state index in [4.69, 9.17) is 0 Å². The number of anilines is 1. The Bertz CT molecular complexity index is 500. The molecule has 0 unspecified atom stereocenters. The molecule has 1 aromatic carbocycles. The van der Waals surface area contributed by atoms with Crippen molar-refractivity contribution in [1.29, 1.82) is 0 Å². The van der Waals surface area contributed by atoms with Crippen LogP contribution in [0.3, 0.4) is 0 Å². The first-order chi connectivity index (χ1) is 9.95. The minimum absolute atomic E-state index is 0.0895. The predicted molar refractivity (Wildman–Crippen MR) is 82.8 cm³/mol. The van der Waals surface area contributed by atoms with Crippen molar-refractivity contribution < 1.29 is 9.18 Å². The van der Waals surface area contributed by atoms with Gasteiger partial charge in [0.15, 0.2) is 0 Å². The summed E-state index contributed by atoms with van der Waals surface area (Å²) in [6.45, 7) is 4.65. The second-order valence-corrected chi connectivity index (χ2v) is 6.02. The highest BCUT2D eigenvalue weighted by Crippen LogP contribution is 2.22. The van der Waals surface area contributed by atoms with Crippen molar-refractivity contribution in [2.24, 2.45) is 0 Å². The van der Waals surface area contributed by atoms with E-state index in [0.29, 0.717) is 18.3 Å². The molecule has 0 radical (unpaired) electrons. The molecule has 5 heteroatoms. The first kappa shape index (κ1) is 15.8. The summed E-state index contributed by atoms with van der Waals surface area (Å²) in [5.74, 6) is -0.392. The Morgan fingerprint density at radius 2 is 2.14 bits per heavy atom. The normalized spacial score (nSPS) is 14.3. The number of hydrogen-bond donors (Lipinski definition) is 2.